The van der Waals surface area contributed by atoms with E-state index >= 15 is 0 Å². The minimum Gasteiger partial charge on any atom is -0.491 e. The number of likely N-dealkylation sites (tertiary alicyclic amines) is 1. The van der Waals surface area contributed by atoms with Gasteiger partial charge < -0.3 is 15.4 Å². The van der Waals surface area contributed by atoms with E-state index in [1.165, 1.54) is 6.33 Å². The number of fused-ring (bicyclic) bond motifs is 1. The van der Waals surface area contributed by atoms with E-state index in [9.17, 15) is 13.2 Å². The van der Waals surface area contributed by atoms with Gasteiger partial charge in [-0.1, -0.05) is 6.07 Å². The van der Waals surface area contributed by atoms with Gasteiger partial charge in [0.1, 0.15) is 18.7 Å². The fourth-order valence-corrected chi connectivity index (χ4v) is 4.55. The number of hydrogen-bond donors (Lipinski definition) is 2. The molecule has 4 rings (SSSR count). The Labute approximate surface area is 174 Å². The monoisotopic (exact) mass is 430 g/mol. The molecule has 10 nitrogen and oxygen atoms in total. The van der Waals surface area contributed by atoms with Gasteiger partial charge in [0, 0.05) is 12.7 Å². The number of piperidine rings is 1. The summed E-state index contributed by atoms with van der Waals surface area (Å²) in [5.41, 5.74) is 7.27. The van der Waals surface area contributed by atoms with Crippen LogP contribution >= 0.6 is 0 Å². The first-order valence-corrected chi connectivity index (χ1v) is 11.1. The number of nitrogens with zero attached hydrogens (tertiary/aromatic N) is 4. The molecule has 3 heterocycles. The first-order chi connectivity index (χ1) is 14.4. The van der Waals surface area contributed by atoms with E-state index in [-0.39, 0.29) is 30.8 Å². The number of rotatable bonds is 5. The molecular formula is C19H22N6O4S. The third-order valence-electron chi connectivity index (χ3n) is 5.09. The minimum atomic E-state index is -3.85. The van der Waals surface area contributed by atoms with Crippen molar-refractivity contribution in [1.29, 1.82) is 0 Å². The van der Waals surface area contributed by atoms with Crippen LogP contribution in [-0.4, -0.2) is 54.2 Å². The third kappa shape index (κ3) is 4.35. The zero-order valence-corrected chi connectivity index (χ0v) is 17.0. The molecule has 0 radical (unpaired) electrons. The Morgan fingerprint density at radius 3 is 2.97 bits per heavy atom. The summed E-state index contributed by atoms with van der Waals surface area (Å²) >= 11 is 0. The van der Waals surface area contributed by atoms with Crippen molar-refractivity contribution in [1.82, 2.24) is 14.9 Å². The number of amides is 1. The van der Waals surface area contributed by atoms with E-state index in [2.05, 4.69) is 19.1 Å². The van der Waals surface area contributed by atoms with Crippen LogP contribution in [-0.2, 0) is 21.4 Å². The summed E-state index contributed by atoms with van der Waals surface area (Å²) in [4.78, 5) is 22.7. The lowest BCUT2D eigenvalue weighted by atomic mass is 10.0. The highest BCUT2D eigenvalue weighted by atomic mass is 32.2. The Morgan fingerprint density at radius 2 is 2.17 bits per heavy atom. The Morgan fingerprint density at radius 1 is 1.30 bits per heavy atom. The van der Waals surface area contributed by atoms with Crippen molar-refractivity contribution in [3.63, 3.8) is 0 Å². The van der Waals surface area contributed by atoms with Gasteiger partial charge in [-0.05, 0) is 37.5 Å². The predicted octanol–water partition coefficient (Wildman–Crippen LogP) is 0.855. The first kappa shape index (κ1) is 20.1. The van der Waals surface area contributed by atoms with Crippen LogP contribution in [0.2, 0.25) is 0 Å². The largest absolute Gasteiger partial charge is 0.491 e. The quantitative estimate of drug-likeness (QED) is 0.717. The van der Waals surface area contributed by atoms with Crippen molar-refractivity contribution in [2.75, 3.05) is 17.9 Å². The molecule has 1 amide bonds. The maximum Gasteiger partial charge on any atom is 0.344 e. The van der Waals surface area contributed by atoms with Crippen LogP contribution in [0.4, 0.5) is 5.69 Å². The van der Waals surface area contributed by atoms with Crippen molar-refractivity contribution < 1.29 is 17.9 Å². The van der Waals surface area contributed by atoms with Gasteiger partial charge in [0.05, 0.1) is 29.4 Å². The summed E-state index contributed by atoms with van der Waals surface area (Å²) in [5, 5.41) is 0. The van der Waals surface area contributed by atoms with Crippen LogP contribution in [0.5, 0.6) is 5.75 Å². The summed E-state index contributed by atoms with van der Waals surface area (Å²) in [6, 6.07) is 6.61. The molecule has 1 atom stereocenters. The summed E-state index contributed by atoms with van der Waals surface area (Å²) in [5.74, 6) is 0.288. The third-order valence-corrected chi connectivity index (χ3v) is 6.01. The number of aromatic nitrogens is 2. The number of nitrogens with one attached hydrogen (secondary N) is 1. The van der Waals surface area contributed by atoms with Crippen molar-refractivity contribution >= 4 is 27.6 Å². The van der Waals surface area contributed by atoms with Gasteiger partial charge >= 0.3 is 10.2 Å². The van der Waals surface area contributed by atoms with Crippen LogP contribution in [0.1, 0.15) is 30.5 Å². The van der Waals surface area contributed by atoms with Crippen LogP contribution in [0.25, 0.3) is 0 Å². The fourth-order valence-electron chi connectivity index (χ4n) is 3.70. The average Bonchev–Trinajstić information content (AvgIpc) is 2.72. The Balaban J connectivity index is 1.48. The average molecular weight is 430 g/mol. The van der Waals surface area contributed by atoms with Gasteiger partial charge in [0.25, 0.3) is 0 Å². The molecule has 1 aromatic carbocycles. The molecule has 1 fully saturated rings. The summed E-state index contributed by atoms with van der Waals surface area (Å²) in [7, 11) is -3.85. The van der Waals surface area contributed by atoms with Gasteiger partial charge in [-0.25, -0.2) is 9.97 Å². The smallest absolute Gasteiger partial charge is 0.344 e. The summed E-state index contributed by atoms with van der Waals surface area (Å²) in [6.45, 7) is 0.931. The standard InChI is InChI=1S/C19H22N6O4S/c20-19-18-15(23-30(27,28)24-19)5-3-6-16(18)29-11-14-4-1-2-9-25(14)17(26)10-13-7-8-21-12-22-13/h3,5-8,12,14,23H,1-2,4,9-11H2,(H2,20,24). The molecule has 0 aliphatic carbocycles. The number of nitrogens with two attached hydrogens (primary N) is 1. The molecule has 158 valence electrons. The topological polar surface area (TPSA) is 140 Å². The molecule has 2 aliphatic heterocycles. The lowest BCUT2D eigenvalue weighted by Gasteiger charge is -2.35. The zero-order valence-electron chi connectivity index (χ0n) is 16.2. The van der Waals surface area contributed by atoms with Crippen molar-refractivity contribution in [3.05, 3.63) is 48.0 Å². The first-order valence-electron chi connectivity index (χ1n) is 9.62. The molecule has 30 heavy (non-hydrogen) atoms. The van der Waals surface area contributed by atoms with Crippen LogP contribution in [0.15, 0.2) is 41.2 Å². The second-order valence-corrected chi connectivity index (χ2v) is 8.49. The van der Waals surface area contributed by atoms with Gasteiger partial charge in [-0.15, -0.1) is 4.40 Å². The molecule has 1 unspecified atom stereocenters. The molecule has 3 N–H and O–H groups in total. The van der Waals surface area contributed by atoms with Crippen LogP contribution < -0.4 is 15.2 Å². The summed E-state index contributed by atoms with van der Waals surface area (Å²) in [6.07, 6.45) is 6.01. The molecule has 0 spiro atoms. The number of benzene rings is 1. The van der Waals surface area contributed by atoms with Gasteiger partial charge in [-0.3, -0.25) is 9.52 Å². The number of carbonyl (C=O) groups excluding carboxylic acids is 1. The lowest BCUT2D eigenvalue weighted by Crippen LogP contribution is -2.47. The van der Waals surface area contributed by atoms with Crippen LogP contribution in [0, 0.1) is 0 Å². The number of amidine groups is 1. The van der Waals surface area contributed by atoms with E-state index in [4.69, 9.17) is 10.5 Å². The van der Waals surface area contributed by atoms with Gasteiger partial charge in [0.15, 0.2) is 5.84 Å². The normalized spacial score (nSPS) is 19.9. The number of carbonyl (C=O) groups is 1. The van der Waals surface area contributed by atoms with E-state index in [1.807, 2.05) is 4.90 Å². The number of ether oxygens (including phenoxy) is 1. The van der Waals surface area contributed by atoms with Crippen molar-refractivity contribution in [2.24, 2.45) is 10.1 Å². The van der Waals surface area contributed by atoms with E-state index < -0.39 is 10.2 Å². The SMILES string of the molecule is NC1=NS(=O)(=O)Nc2cccc(OCC3CCCCN3C(=O)Cc3ccncn3)c21. The number of hydrogen-bond acceptors (Lipinski definition) is 7. The Kier molecular flexibility index (Phi) is 5.53. The fraction of sp³-hybridized carbons (Fsp3) is 0.368. The van der Waals surface area contributed by atoms with Crippen molar-refractivity contribution in [2.45, 2.75) is 31.7 Å². The van der Waals surface area contributed by atoms with Crippen LogP contribution in [0.3, 0.4) is 0 Å². The summed E-state index contributed by atoms with van der Waals surface area (Å²) < 4.78 is 35.3. The minimum absolute atomic E-state index is 0.00840. The molecule has 2 aromatic rings. The molecule has 0 saturated carbocycles. The lowest BCUT2D eigenvalue weighted by molar-refractivity contribution is -0.135. The highest BCUT2D eigenvalue weighted by Crippen LogP contribution is 2.31. The van der Waals surface area contributed by atoms with Gasteiger partial charge in [-0.2, -0.15) is 8.42 Å². The molecular weight excluding hydrogens is 408 g/mol. The Hall–Kier alpha value is -3.21. The maximum absolute atomic E-state index is 12.8. The van der Waals surface area contributed by atoms with E-state index in [1.54, 1.807) is 30.5 Å². The van der Waals surface area contributed by atoms with Gasteiger partial charge in [0.2, 0.25) is 5.91 Å². The number of anilines is 1. The molecule has 2 aliphatic rings. The molecule has 1 saturated heterocycles. The molecule has 0 bridgehead atoms. The van der Waals surface area contributed by atoms with Crippen molar-refractivity contribution in [3.8, 4) is 5.75 Å². The highest BCUT2D eigenvalue weighted by Gasteiger charge is 2.29. The zero-order chi connectivity index (χ0) is 21.1. The predicted molar refractivity (Wildman–Crippen MR) is 110 cm³/mol. The van der Waals surface area contributed by atoms with E-state index in [0.717, 1.165) is 19.3 Å². The molecule has 1 aromatic heterocycles. The van der Waals surface area contributed by atoms with E-state index in [0.29, 0.717) is 29.2 Å². The maximum atomic E-state index is 12.8. The Bertz CT molecular complexity index is 1070. The second-order valence-electron chi connectivity index (χ2n) is 7.16. The highest BCUT2D eigenvalue weighted by molar-refractivity contribution is 7.91. The second kappa shape index (κ2) is 8.27. The molecule has 11 heteroatoms.